The van der Waals surface area contributed by atoms with E-state index in [1.807, 2.05) is 38.1 Å². The lowest BCUT2D eigenvalue weighted by atomic mass is 10.1. The normalized spacial score (nSPS) is 11.3. The summed E-state index contributed by atoms with van der Waals surface area (Å²) in [4.78, 5) is 20.7. The van der Waals surface area contributed by atoms with Gasteiger partial charge >= 0.3 is 0 Å². The lowest BCUT2D eigenvalue weighted by molar-refractivity contribution is 0.0953. The first kappa shape index (κ1) is 19.9. The molecule has 1 heterocycles. The second-order valence-corrected chi connectivity index (χ2v) is 6.98. The molecule has 0 saturated carbocycles. The zero-order chi connectivity index (χ0) is 18.8. The first-order valence-corrected chi connectivity index (χ1v) is 9.73. The van der Waals surface area contributed by atoms with Crippen LogP contribution in [0.3, 0.4) is 0 Å². The number of guanidine groups is 1. The number of aliphatic imine (C=N–C) groups is 1. The molecule has 0 aliphatic rings. The van der Waals surface area contributed by atoms with E-state index in [1.54, 1.807) is 18.4 Å². The van der Waals surface area contributed by atoms with E-state index in [0.29, 0.717) is 18.7 Å². The molecule has 0 bridgehead atoms. The Balaban J connectivity index is 1.81. The maximum Gasteiger partial charge on any atom is 0.251 e. The molecule has 3 N–H and O–H groups in total. The number of carbonyl (C=O) groups excluding carboxylic acids is 1. The second kappa shape index (κ2) is 10.6. The van der Waals surface area contributed by atoms with Gasteiger partial charge in [0.1, 0.15) is 0 Å². The topological polar surface area (TPSA) is 78.4 Å². The molecule has 6 nitrogen and oxygen atoms in total. The molecule has 140 valence electrons. The van der Waals surface area contributed by atoms with Crippen molar-refractivity contribution in [1.82, 2.24) is 20.9 Å². The average Bonchev–Trinajstić information content (AvgIpc) is 3.07. The summed E-state index contributed by atoms with van der Waals surface area (Å²) >= 11 is 1.67. The van der Waals surface area contributed by atoms with E-state index < -0.39 is 0 Å². The monoisotopic (exact) mass is 373 g/mol. The molecule has 2 aromatic rings. The molecule has 0 fully saturated rings. The van der Waals surface area contributed by atoms with Gasteiger partial charge < -0.3 is 16.0 Å². The minimum atomic E-state index is -0.0326. The van der Waals surface area contributed by atoms with E-state index >= 15 is 0 Å². The molecule has 1 aromatic carbocycles. The highest BCUT2D eigenvalue weighted by atomic mass is 32.1. The van der Waals surface area contributed by atoms with Crippen molar-refractivity contribution >= 4 is 23.2 Å². The van der Waals surface area contributed by atoms with Crippen LogP contribution in [-0.2, 0) is 13.0 Å². The van der Waals surface area contributed by atoms with Crippen LogP contribution >= 0.6 is 11.3 Å². The number of nitrogens with one attached hydrogen (secondary N) is 3. The van der Waals surface area contributed by atoms with Crippen LogP contribution in [0.2, 0.25) is 0 Å². The standard InChI is InChI=1S/C19H27N5OS/c1-4-9-21-18(25)16-7-5-6-15(11-16)12-23-19(20-3)22-10-8-17-13-26-14(2)24-17/h5-7,11,13H,4,8-10,12H2,1-3H3,(H,21,25)(H2,20,22,23). The van der Waals surface area contributed by atoms with Crippen molar-refractivity contribution in [3.8, 4) is 0 Å². The summed E-state index contributed by atoms with van der Waals surface area (Å²) in [7, 11) is 1.75. The van der Waals surface area contributed by atoms with Crippen molar-refractivity contribution in [1.29, 1.82) is 0 Å². The Kier molecular flexibility index (Phi) is 8.08. The van der Waals surface area contributed by atoms with Crippen LogP contribution in [0.25, 0.3) is 0 Å². The molecule has 0 atom stereocenters. The molecule has 26 heavy (non-hydrogen) atoms. The van der Waals surface area contributed by atoms with Crippen LogP contribution in [-0.4, -0.2) is 37.0 Å². The largest absolute Gasteiger partial charge is 0.356 e. The Hall–Kier alpha value is -2.41. The molecule has 0 unspecified atom stereocenters. The fraction of sp³-hybridized carbons (Fsp3) is 0.421. The fourth-order valence-electron chi connectivity index (χ4n) is 2.40. The van der Waals surface area contributed by atoms with Crippen molar-refractivity contribution < 1.29 is 4.79 Å². The Labute approximate surface area is 159 Å². The molecule has 0 radical (unpaired) electrons. The number of nitrogens with zero attached hydrogens (tertiary/aromatic N) is 2. The van der Waals surface area contributed by atoms with E-state index in [-0.39, 0.29) is 5.91 Å². The molecule has 1 amide bonds. The van der Waals surface area contributed by atoms with Crippen molar-refractivity contribution in [2.24, 2.45) is 4.99 Å². The van der Waals surface area contributed by atoms with Gasteiger partial charge in [0.2, 0.25) is 0 Å². The van der Waals surface area contributed by atoms with Gasteiger partial charge in [-0.1, -0.05) is 19.1 Å². The van der Waals surface area contributed by atoms with Crippen molar-refractivity contribution in [2.75, 3.05) is 20.1 Å². The van der Waals surface area contributed by atoms with E-state index in [0.717, 1.165) is 41.6 Å². The summed E-state index contributed by atoms with van der Waals surface area (Å²) < 4.78 is 0. The number of carbonyl (C=O) groups is 1. The van der Waals surface area contributed by atoms with Crippen molar-refractivity contribution in [3.63, 3.8) is 0 Å². The van der Waals surface area contributed by atoms with Gasteiger partial charge in [-0.05, 0) is 31.0 Å². The minimum Gasteiger partial charge on any atom is -0.356 e. The number of rotatable bonds is 8. The first-order valence-electron chi connectivity index (χ1n) is 8.85. The van der Waals surface area contributed by atoms with Gasteiger partial charge in [0, 0.05) is 44.0 Å². The van der Waals surface area contributed by atoms with E-state index in [4.69, 9.17) is 0 Å². The third-order valence-electron chi connectivity index (χ3n) is 3.75. The van der Waals surface area contributed by atoms with Crippen molar-refractivity contribution in [2.45, 2.75) is 33.2 Å². The van der Waals surface area contributed by atoms with Crippen LogP contribution in [0.1, 0.15) is 40.0 Å². The smallest absolute Gasteiger partial charge is 0.251 e. The highest BCUT2D eigenvalue weighted by Crippen LogP contribution is 2.08. The molecule has 0 saturated heterocycles. The van der Waals surface area contributed by atoms with Crippen molar-refractivity contribution in [3.05, 3.63) is 51.5 Å². The Morgan fingerprint density at radius 3 is 2.77 bits per heavy atom. The third-order valence-corrected chi connectivity index (χ3v) is 4.57. The van der Waals surface area contributed by atoms with Gasteiger partial charge in [0.15, 0.2) is 5.96 Å². The lowest BCUT2D eigenvalue weighted by Crippen LogP contribution is -2.37. The second-order valence-electron chi connectivity index (χ2n) is 5.92. The predicted octanol–water partition coefficient (Wildman–Crippen LogP) is 2.50. The molecule has 1 aromatic heterocycles. The molecule has 0 aliphatic heterocycles. The molecule has 2 rings (SSSR count). The number of aromatic nitrogens is 1. The zero-order valence-electron chi connectivity index (χ0n) is 15.6. The first-order chi connectivity index (χ1) is 12.6. The van der Waals surface area contributed by atoms with Crippen LogP contribution in [0.5, 0.6) is 0 Å². The summed E-state index contributed by atoms with van der Waals surface area (Å²) in [5.74, 6) is 0.701. The van der Waals surface area contributed by atoms with Crippen LogP contribution < -0.4 is 16.0 Å². The maximum absolute atomic E-state index is 12.1. The summed E-state index contributed by atoms with van der Waals surface area (Å²) in [6, 6.07) is 7.63. The fourth-order valence-corrected chi connectivity index (χ4v) is 3.05. The van der Waals surface area contributed by atoms with Crippen LogP contribution in [0, 0.1) is 6.92 Å². The Morgan fingerprint density at radius 1 is 1.23 bits per heavy atom. The van der Waals surface area contributed by atoms with Gasteiger partial charge in [-0.15, -0.1) is 11.3 Å². The number of hydrogen-bond donors (Lipinski definition) is 3. The summed E-state index contributed by atoms with van der Waals surface area (Å²) in [6.07, 6.45) is 1.79. The highest BCUT2D eigenvalue weighted by molar-refractivity contribution is 7.09. The third kappa shape index (κ3) is 6.48. The number of thiazole rings is 1. The predicted molar refractivity (Wildman–Crippen MR) is 108 cm³/mol. The Morgan fingerprint density at radius 2 is 2.08 bits per heavy atom. The SMILES string of the molecule is CCCNC(=O)c1cccc(CNC(=NC)NCCc2csc(C)n2)c1. The maximum atomic E-state index is 12.1. The number of amides is 1. The quantitative estimate of drug-likeness (QED) is 0.491. The van der Waals surface area contributed by atoms with Crippen LogP contribution in [0.4, 0.5) is 0 Å². The van der Waals surface area contributed by atoms with Gasteiger partial charge in [-0.2, -0.15) is 0 Å². The number of hydrogen-bond acceptors (Lipinski definition) is 4. The summed E-state index contributed by atoms with van der Waals surface area (Å²) in [5.41, 5.74) is 2.81. The molecule has 7 heteroatoms. The number of benzene rings is 1. The van der Waals surface area contributed by atoms with Gasteiger partial charge in [0.05, 0.1) is 10.7 Å². The van der Waals surface area contributed by atoms with E-state index in [2.05, 4.69) is 31.3 Å². The molecule has 0 spiro atoms. The molecular weight excluding hydrogens is 346 g/mol. The highest BCUT2D eigenvalue weighted by Gasteiger charge is 2.06. The van der Waals surface area contributed by atoms with E-state index in [9.17, 15) is 4.79 Å². The summed E-state index contributed by atoms with van der Waals surface area (Å²) in [6.45, 7) is 6.11. The lowest BCUT2D eigenvalue weighted by Gasteiger charge is -2.12. The minimum absolute atomic E-state index is 0.0326. The van der Waals surface area contributed by atoms with Gasteiger partial charge in [-0.3, -0.25) is 9.79 Å². The zero-order valence-corrected chi connectivity index (χ0v) is 16.4. The van der Waals surface area contributed by atoms with Crippen LogP contribution in [0.15, 0.2) is 34.6 Å². The Bertz CT molecular complexity index is 741. The summed E-state index contributed by atoms with van der Waals surface area (Å²) in [5, 5.41) is 12.6. The molecule has 0 aliphatic carbocycles. The molecular formula is C19H27N5OS. The van der Waals surface area contributed by atoms with Gasteiger partial charge in [-0.25, -0.2) is 4.98 Å². The van der Waals surface area contributed by atoms with Gasteiger partial charge in [0.25, 0.3) is 5.91 Å². The average molecular weight is 374 g/mol. The number of aryl methyl sites for hydroxylation is 1. The van der Waals surface area contributed by atoms with E-state index in [1.165, 1.54) is 0 Å².